The summed E-state index contributed by atoms with van der Waals surface area (Å²) in [5.41, 5.74) is 8.39. The molecule has 0 atom stereocenters. The van der Waals surface area contributed by atoms with E-state index in [1.807, 2.05) is 24.3 Å². The van der Waals surface area contributed by atoms with Crippen LogP contribution in [-0.2, 0) is 6.54 Å². The molecule has 2 N–H and O–H groups in total. The van der Waals surface area contributed by atoms with Crippen molar-refractivity contribution in [2.24, 2.45) is 5.73 Å². The molecule has 0 amide bonds. The number of nitrogens with zero attached hydrogens (tertiary/aromatic N) is 1. The Hall–Kier alpha value is -1.78. The van der Waals surface area contributed by atoms with Crippen LogP contribution >= 0.6 is 11.3 Å². The third-order valence-corrected chi connectivity index (χ3v) is 3.87. The molecule has 0 aliphatic rings. The third kappa shape index (κ3) is 2.00. The number of benzene rings is 2. The minimum atomic E-state index is -0.252. The maximum Gasteiger partial charge on any atom is 0.125 e. The Balaban J connectivity index is 2.07. The minimum absolute atomic E-state index is 0.252. The van der Waals surface area contributed by atoms with Crippen LogP contribution in [0.2, 0.25) is 0 Å². The van der Waals surface area contributed by atoms with E-state index in [-0.39, 0.29) is 5.82 Å². The molecule has 18 heavy (non-hydrogen) atoms. The van der Waals surface area contributed by atoms with Crippen molar-refractivity contribution < 1.29 is 4.39 Å². The standard InChI is InChI=1S/C14H11FN2S/c15-11-5-6-13-12(7-11)17-14(18-13)10-3-1-9(8-16)2-4-10/h1-7H,8,16H2. The van der Waals surface area contributed by atoms with Gasteiger partial charge in [-0.1, -0.05) is 24.3 Å². The Kier molecular flexibility index (Phi) is 2.81. The molecule has 3 aromatic rings. The molecule has 4 heteroatoms. The molecule has 0 aliphatic carbocycles. The highest BCUT2D eigenvalue weighted by Gasteiger charge is 2.06. The molecule has 2 aromatic carbocycles. The van der Waals surface area contributed by atoms with E-state index in [9.17, 15) is 4.39 Å². The predicted molar refractivity (Wildman–Crippen MR) is 72.9 cm³/mol. The zero-order valence-electron chi connectivity index (χ0n) is 9.56. The molecular weight excluding hydrogens is 247 g/mol. The fraction of sp³-hybridized carbons (Fsp3) is 0.0714. The summed E-state index contributed by atoms with van der Waals surface area (Å²) in [4.78, 5) is 4.45. The fourth-order valence-corrected chi connectivity index (χ4v) is 2.76. The molecule has 0 spiro atoms. The largest absolute Gasteiger partial charge is 0.326 e. The van der Waals surface area contributed by atoms with E-state index in [1.165, 1.54) is 12.1 Å². The minimum Gasteiger partial charge on any atom is -0.326 e. The summed E-state index contributed by atoms with van der Waals surface area (Å²) < 4.78 is 14.1. The summed E-state index contributed by atoms with van der Waals surface area (Å²) in [6.45, 7) is 0.533. The number of nitrogens with two attached hydrogens (primary N) is 1. The molecule has 0 saturated carbocycles. The van der Waals surface area contributed by atoms with E-state index in [1.54, 1.807) is 17.4 Å². The molecule has 1 aromatic heterocycles. The van der Waals surface area contributed by atoms with Crippen LogP contribution in [0.3, 0.4) is 0 Å². The van der Waals surface area contributed by atoms with Crippen LogP contribution in [0.1, 0.15) is 5.56 Å². The smallest absolute Gasteiger partial charge is 0.125 e. The van der Waals surface area contributed by atoms with E-state index in [2.05, 4.69) is 4.98 Å². The second kappa shape index (κ2) is 4.48. The number of halogens is 1. The van der Waals surface area contributed by atoms with Gasteiger partial charge in [-0.05, 0) is 17.7 Å². The van der Waals surface area contributed by atoms with Crippen molar-refractivity contribution in [2.75, 3.05) is 0 Å². The van der Waals surface area contributed by atoms with Crippen molar-refractivity contribution in [1.29, 1.82) is 0 Å². The van der Waals surface area contributed by atoms with Crippen LogP contribution in [0, 0.1) is 5.82 Å². The van der Waals surface area contributed by atoms with E-state index in [0.717, 1.165) is 20.8 Å². The normalized spacial score (nSPS) is 11.0. The van der Waals surface area contributed by atoms with Crippen molar-refractivity contribution >= 4 is 21.6 Å². The first-order chi connectivity index (χ1) is 8.76. The summed E-state index contributed by atoms with van der Waals surface area (Å²) in [6, 6.07) is 12.7. The van der Waals surface area contributed by atoms with Gasteiger partial charge in [0.05, 0.1) is 10.2 Å². The van der Waals surface area contributed by atoms with Crippen LogP contribution in [0.25, 0.3) is 20.8 Å². The zero-order valence-corrected chi connectivity index (χ0v) is 10.4. The highest BCUT2D eigenvalue weighted by molar-refractivity contribution is 7.21. The van der Waals surface area contributed by atoms with E-state index >= 15 is 0 Å². The molecule has 90 valence electrons. The molecule has 1 heterocycles. The van der Waals surface area contributed by atoms with Crippen molar-refractivity contribution in [3.8, 4) is 10.6 Å². The van der Waals surface area contributed by atoms with Gasteiger partial charge in [-0.2, -0.15) is 0 Å². The Morgan fingerprint density at radius 1 is 1.11 bits per heavy atom. The van der Waals surface area contributed by atoms with Gasteiger partial charge in [-0.3, -0.25) is 0 Å². The second-order valence-electron chi connectivity index (χ2n) is 4.03. The first-order valence-corrected chi connectivity index (χ1v) is 6.43. The maximum absolute atomic E-state index is 13.1. The molecule has 0 radical (unpaired) electrons. The summed E-state index contributed by atoms with van der Waals surface area (Å²) in [6.07, 6.45) is 0. The van der Waals surface area contributed by atoms with E-state index in [4.69, 9.17) is 5.73 Å². The number of aromatic nitrogens is 1. The number of rotatable bonds is 2. The van der Waals surface area contributed by atoms with Gasteiger partial charge in [0, 0.05) is 18.2 Å². The zero-order chi connectivity index (χ0) is 12.5. The summed E-state index contributed by atoms with van der Waals surface area (Å²) in [5, 5.41) is 0.902. The monoisotopic (exact) mass is 258 g/mol. The quantitative estimate of drug-likeness (QED) is 0.763. The molecule has 0 aliphatic heterocycles. The van der Waals surface area contributed by atoms with Crippen molar-refractivity contribution in [1.82, 2.24) is 4.98 Å². The molecule has 0 bridgehead atoms. The molecule has 0 unspecified atom stereocenters. The van der Waals surface area contributed by atoms with Crippen molar-refractivity contribution in [3.05, 3.63) is 53.8 Å². The highest BCUT2D eigenvalue weighted by atomic mass is 32.1. The van der Waals surface area contributed by atoms with Crippen LogP contribution in [0.5, 0.6) is 0 Å². The molecule has 0 fully saturated rings. The molecule has 0 saturated heterocycles. The Morgan fingerprint density at radius 2 is 1.89 bits per heavy atom. The van der Waals surface area contributed by atoms with Gasteiger partial charge in [-0.25, -0.2) is 9.37 Å². The Bertz CT molecular complexity index is 689. The van der Waals surface area contributed by atoms with E-state index < -0.39 is 0 Å². The topological polar surface area (TPSA) is 38.9 Å². The van der Waals surface area contributed by atoms with Crippen LogP contribution in [0.15, 0.2) is 42.5 Å². The average molecular weight is 258 g/mol. The predicted octanol–water partition coefficient (Wildman–Crippen LogP) is 3.56. The van der Waals surface area contributed by atoms with Gasteiger partial charge < -0.3 is 5.73 Å². The molecular formula is C14H11FN2S. The second-order valence-corrected chi connectivity index (χ2v) is 5.06. The van der Waals surface area contributed by atoms with E-state index in [0.29, 0.717) is 12.1 Å². The van der Waals surface area contributed by atoms with Gasteiger partial charge in [-0.15, -0.1) is 11.3 Å². The lowest BCUT2D eigenvalue weighted by molar-refractivity contribution is 0.629. The van der Waals surface area contributed by atoms with Gasteiger partial charge in [0.15, 0.2) is 0 Å². The third-order valence-electron chi connectivity index (χ3n) is 2.79. The number of hydrogen-bond acceptors (Lipinski definition) is 3. The van der Waals surface area contributed by atoms with Gasteiger partial charge in [0.2, 0.25) is 0 Å². The lowest BCUT2D eigenvalue weighted by Crippen LogP contribution is -1.94. The molecule has 3 rings (SSSR count). The van der Waals surface area contributed by atoms with Crippen LogP contribution in [-0.4, -0.2) is 4.98 Å². The van der Waals surface area contributed by atoms with Gasteiger partial charge in [0.1, 0.15) is 10.8 Å². The first kappa shape index (κ1) is 11.3. The Labute approximate surface area is 108 Å². The lowest BCUT2D eigenvalue weighted by Gasteiger charge is -1.98. The van der Waals surface area contributed by atoms with Crippen LogP contribution in [0.4, 0.5) is 4.39 Å². The number of fused-ring (bicyclic) bond motifs is 1. The van der Waals surface area contributed by atoms with Crippen LogP contribution < -0.4 is 5.73 Å². The maximum atomic E-state index is 13.1. The average Bonchev–Trinajstić information content (AvgIpc) is 2.81. The number of thiazole rings is 1. The van der Waals surface area contributed by atoms with Gasteiger partial charge in [0.25, 0.3) is 0 Å². The van der Waals surface area contributed by atoms with Crippen molar-refractivity contribution in [3.63, 3.8) is 0 Å². The SMILES string of the molecule is NCc1ccc(-c2nc3cc(F)ccc3s2)cc1. The summed E-state index contributed by atoms with van der Waals surface area (Å²) in [5.74, 6) is -0.252. The summed E-state index contributed by atoms with van der Waals surface area (Å²) in [7, 11) is 0. The number of hydrogen-bond donors (Lipinski definition) is 1. The molecule has 2 nitrogen and oxygen atoms in total. The van der Waals surface area contributed by atoms with Crippen molar-refractivity contribution in [2.45, 2.75) is 6.54 Å². The highest BCUT2D eigenvalue weighted by Crippen LogP contribution is 2.30. The fourth-order valence-electron chi connectivity index (χ4n) is 1.81. The lowest BCUT2D eigenvalue weighted by atomic mass is 10.1. The Morgan fingerprint density at radius 3 is 2.61 bits per heavy atom. The summed E-state index contributed by atoms with van der Waals surface area (Å²) >= 11 is 1.56. The first-order valence-electron chi connectivity index (χ1n) is 5.62. The van der Waals surface area contributed by atoms with Gasteiger partial charge >= 0.3 is 0 Å².